The summed E-state index contributed by atoms with van der Waals surface area (Å²) in [6.07, 6.45) is 0. The second-order valence-electron chi connectivity index (χ2n) is 6.97. The standard InChI is InChI=1S/C26H17NO2S/c28-25-19-13-7-8-14-20(19)26(29)24-22(30-18-11-5-2-6-12-18)16-15-21(23(24)25)27-17-9-3-1-4-10-17/h1-16,27H. The highest BCUT2D eigenvalue weighted by molar-refractivity contribution is 7.99. The van der Waals surface area contributed by atoms with Crippen molar-refractivity contribution < 1.29 is 9.59 Å². The summed E-state index contributed by atoms with van der Waals surface area (Å²) in [6.45, 7) is 0. The largest absolute Gasteiger partial charge is 0.355 e. The molecular formula is C26H17NO2S. The van der Waals surface area contributed by atoms with Crippen LogP contribution in [0.3, 0.4) is 0 Å². The SMILES string of the molecule is O=C1c2ccccc2C(=O)c2c(Sc3ccccc3)ccc(Nc3ccccc3)c21. The van der Waals surface area contributed by atoms with Gasteiger partial charge in [0.05, 0.1) is 11.3 Å². The molecular weight excluding hydrogens is 390 g/mol. The van der Waals surface area contributed by atoms with Crippen molar-refractivity contribution in [2.45, 2.75) is 9.79 Å². The highest BCUT2D eigenvalue weighted by Gasteiger charge is 2.34. The zero-order valence-electron chi connectivity index (χ0n) is 16.0. The van der Waals surface area contributed by atoms with E-state index in [9.17, 15) is 9.59 Å². The van der Waals surface area contributed by atoms with E-state index in [-0.39, 0.29) is 11.6 Å². The van der Waals surface area contributed by atoms with Gasteiger partial charge < -0.3 is 5.32 Å². The average molecular weight is 407 g/mol. The summed E-state index contributed by atoms with van der Waals surface area (Å²) in [5, 5.41) is 3.32. The van der Waals surface area contributed by atoms with Crippen molar-refractivity contribution in [2.75, 3.05) is 5.32 Å². The third-order valence-corrected chi connectivity index (χ3v) is 6.13. The van der Waals surface area contributed by atoms with Crippen molar-refractivity contribution in [3.8, 4) is 0 Å². The first-order valence-electron chi connectivity index (χ1n) is 9.63. The van der Waals surface area contributed by atoms with Gasteiger partial charge in [-0.2, -0.15) is 0 Å². The molecule has 1 N–H and O–H groups in total. The van der Waals surface area contributed by atoms with Gasteiger partial charge in [-0.25, -0.2) is 0 Å². The van der Waals surface area contributed by atoms with Crippen LogP contribution in [0.2, 0.25) is 0 Å². The second kappa shape index (κ2) is 7.65. The maximum atomic E-state index is 13.5. The maximum Gasteiger partial charge on any atom is 0.196 e. The van der Waals surface area contributed by atoms with Crippen molar-refractivity contribution in [3.63, 3.8) is 0 Å². The van der Waals surface area contributed by atoms with Gasteiger partial charge in [0, 0.05) is 32.2 Å². The summed E-state index contributed by atoms with van der Waals surface area (Å²) in [4.78, 5) is 28.7. The Kier molecular flexibility index (Phi) is 4.69. The molecule has 4 heteroatoms. The van der Waals surface area contributed by atoms with Crippen LogP contribution in [-0.2, 0) is 0 Å². The molecule has 0 aliphatic heterocycles. The Morgan fingerprint density at radius 3 is 1.80 bits per heavy atom. The van der Waals surface area contributed by atoms with Crippen molar-refractivity contribution in [2.24, 2.45) is 0 Å². The van der Waals surface area contributed by atoms with E-state index in [2.05, 4.69) is 5.32 Å². The topological polar surface area (TPSA) is 46.2 Å². The number of hydrogen-bond acceptors (Lipinski definition) is 4. The van der Waals surface area contributed by atoms with Gasteiger partial charge in [0.25, 0.3) is 0 Å². The molecule has 0 saturated heterocycles. The molecule has 5 rings (SSSR count). The first kappa shape index (κ1) is 18.4. The van der Waals surface area contributed by atoms with Crippen molar-refractivity contribution in [1.82, 2.24) is 0 Å². The molecule has 144 valence electrons. The molecule has 3 nitrogen and oxygen atoms in total. The number of hydrogen-bond donors (Lipinski definition) is 1. The van der Waals surface area contributed by atoms with Crippen LogP contribution in [0.15, 0.2) is 107 Å². The zero-order chi connectivity index (χ0) is 20.5. The van der Waals surface area contributed by atoms with Crippen LogP contribution in [-0.4, -0.2) is 11.6 Å². The number of para-hydroxylation sites is 1. The molecule has 1 aliphatic rings. The molecule has 4 aromatic carbocycles. The number of carbonyl (C=O) groups excluding carboxylic acids is 2. The van der Waals surface area contributed by atoms with Gasteiger partial charge in [-0.1, -0.05) is 72.4 Å². The van der Waals surface area contributed by atoms with Gasteiger partial charge in [0.15, 0.2) is 11.6 Å². The van der Waals surface area contributed by atoms with E-state index in [4.69, 9.17) is 0 Å². The molecule has 0 atom stereocenters. The van der Waals surface area contributed by atoms with E-state index in [1.165, 1.54) is 11.8 Å². The van der Waals surface area contributed by atoms with Crippen LogP contribution in [0.1, 0.15) is 31.8 Å². The minimum absolute atomic E-state index is 0.115. The normalized spacial score (nSPS) is 12.3. The summed E-state index contributed by atoms with van der Waals surface area (Å²) in [5.74, 6) is -0.246. The lowest BCUT2D eigenvalue weighted by molar-refractivity contribution is 0.0977. The highest BCUT2D eigenvalue weighted by atomic mass is 32.2. The first-order chi connectivity index (χ1) is 14.7. The van der Waals surface area contributed by atoms with Gasteiger partial charge >= 0.3 is 0 Å². The third kappa shape index (κ3) is 3.21. The van der Waals surface area contributed by atoms with Crippen LogP contribution in [0.4, 0.5) is 11.4 Å². The molecule has 0 heterocycles. The number of anilines is 2. The molecule has 0 spiro atoms. The van der Waals surface area contributed by atoms with Crippen LogP contribution in [0.5, 0.6) is 0 Å². The molecule has 0 radical (unpaired) electrons. The fraction of sp³-hybridized carbons (Fsp3) is 0. The Balaban J connectivity index is 1.69. The van der Waals surface area contributed by atoms with Gasteiger partial charge in [0.2, 0.25) is 0 Å². The molecule has 0 unspecified atom stereocenters. The Labute approximate surface area is 178 Å². The van der Waals surface area contributed by atoms with Crippen LogP contribution < -0.4 is 5.32 Å². The molecule has 30 heavy (non-hydrogen) atoms. The van der Waals surface area contributed by atoms with Crippen molar-refractivity contribution in [3.05, 3.63) is 119 Å². The molecule has 0 saturated carbocycles. The second-order valence-corrected chi connectivity index (χ2v) is 8.09. The van der Waals surface area contributed by atoms with E-state index in [1.54, 1.807) is 24.3 Å². The molecule has 0 aromatic heterocycles. The molecule has 1 aliphatic carbocycles. The Bertz CT molecular complexity index is 1170. The third-order valence-electron chi connectivity index (χ3n) is 5.06. The summed E-state index contributed by atoms with van der Waals surface area (Å²) < 4.78 is 0. The fourth-order valence-corrected chi connectivity index (χ4v) is 4.66. The van der Waals surface area contributed by atoms with Gasteiger partial charge in [-0.05, 0) is 36.4 Å². The summed E-state index contributed by atoms with van der Waals surface area (Å²) >= 11 is 1.50. The van der Waals surface area contributed by atoms with Crippen LogP contribution in [0, 0.1) is 0 Å². The minimum atomic E-state index is -0.130. The number of rotatable bonds is 4. The maximum absolute atomic E-state index is 13.5. The lowest BCUT2D eigenvalue weighted by Crippen LogP contribution is -2.23. The zero-order valence-corrected chi connectivity index (χ0v) is 16.8. The summed E-state index contributed by atoms with van der Waals surface area (Å²) in [6, 6.07) is 30.4. The van der Waals surface area contributed by atoms with Gasteiger partial charge in [-0.3, -0.25) is 9.59 Å². The summed E-state index contributed by atoms with van der Waals surface area (Å²) in [5.41, 5.74) is 3.32. The Hall–Kier alpha value is -3.63. The lowest BCUT2D eigenvalue weighted by atomic mass is 9.83. The van der Waals surface area contributed by atoms with E-state index in [1.807, 2.05) is 72.8 Å². The molecule has 0 fully saturated rings. The minimum Gasteiger partial charge on any atom is -0.355 e. The Morgan fingerprint density at radius 1 is 0.567 bits per heavy atom. The Morgan fingerprint density at radius 2 is 1.13 bits per heavy atom. The van der Waals surface area contributed by atoms with Crippen LogP contribution in [0.25, 0.3) is 0 Å². The van der Waals surface area contributed by atoms with Gasteiger partial charge in [0.1, 0.15) is 0 Å². The predicted octanol–water partition coefficient (Wildman–Crippen LogP) is 6.36. The van der Waals surface area contributed by atoms with E-state index in [0.717, 1.165) is 15.5 Å². The average Bonchev–Trinajstić information content (AvgIpc) is 2.80. The van der Waals surface area contributed by atoms with E-state index >= 15 is 0 Å². The fourth-order valence-electron chi connectivity index (χ4n) is 3.67. The number of nitrogens with one attached hydrogen (secondary N) is 1. The van der Waals surface area contributed by atoms with Crippen LogP contribution >= 0.6 is 11.8 Å². The first-order valence-corrected chi connectivity index (χ1v) is 10.4. The number of benzene rings is 4. The van der Waals surface area contributed by atoms with Crippen molar-refractivity contribution in [1.29, 1.82) is 0 Å². The van der Waals surface area contributed by atoms with E-state index in [0.29, 0.717) is 27.9 Å². The molecule has 4 aromatic rings. The number of ketones is 2. The smallest absolute Gasteiger partial charge is 0.196 e. The predicted molar refractivity (Wildman–Crippen MR) is 120 cm³/mol. The highest BCUT2D eigenvalue weighted by Crippen LogP contribution is 2.40. The molecule has 0 amide bonds. The van der Waals surface area contributed by atoms with Crippen molar-refractivity contribution >= 4 is 34.7 Å². The molecule has 0 bridgehead atoms. The summed E-state index contributed by atoms with van der Waals surface area (Å²) in [7, 11) is 0. The monoisotopic (exact) mass is 407 g/mol. The number of carbonyl (C=O) groups is 2. The quantitative estimate of drug-likeness (QED) is 0.377. The number of fused-ring (bicyclic) bond motifs is 2. The van der Waals surface area contributed by atoms with Gasteiger partial charge in [-0.15, -0.1) is 0 Å². The lowest BCUT2D eigenvalue weighted by Gasteiger charge is -2.23. The van der Waals surface area contributed by atoms with E-state index < -0.39 is 0 Å².